The summed E-state index contributed by atoms with van der Waals surface area (Å²) in [5.41, 5.74) is 2.20. The molecular weight excluding hydrogens is 498 g/mol. The number of nitrogens with zero attached hydrogens (tertiary/aromatic N) is 2. The van der Waals surface area contributed by atoms with Crippen LogP contribution in [0.2, 0.25) is 5.02 Å². The van der Waals surface area contributed by atoms with E-state index in [1.54, 1.807) is 23.1 Å². The molecule has 2 amide bonds. The summed E-state index contributed by atoms with van der Waals surface area (Å²) >= 11 is 6.12. The average Bonchev–Trinajstić information content (AvgIpc) is 2.81. The highest BCUT2D eigenvalue weighted by Gasteiger charge is 2.29. The third-order valence-corrected chi connectivity index (χ3v) is 7.27. The Morgan fingerprint density at radius 2 is 1.75 bits per heavy atom. The van der Waals surface area contributed by atoms with E-state index in [0.29, 0.717) is 42.6 Å². The van der Waals surface area contributed by atoms with E-state index < -0.39 is 16.1 Å². The van der Waals surface area contributed by atoms with Crippen LogP contribution in [0.15, 0.2) is 48.5 Å². The molecule has 0 unspecified atom stereocenters. The first kappa shape index (κ1) is 29.6. The first-order valence-electron chi connectivity index (χ1n) is 12.3. The van der Waals surface area contributed by atoms with Gasteiger partial charge in [-0.2, -0.15) is 0 Å². The van der Waals surface area contributed by atoms with Crippen LogP contribution in [0.3, 0.4) is 0 Å². The Morgan fingerprint density at radius 1 is 1.08 bits per heavy atom. The van der Waals surface area contributed by atoms with Gasteiger partial charge in [0.15, 0.2) is 0 Å². The highest BCUT2D eigenvalue weighted by atomic mass is 35.5. The largest absolute Gasteiger partial charge is 0.354 e. The van der Waals surface area contributed by atoms with Crippen molar-refractivity contribution in [2.45, 2.75) is 59.5 Å². The molecule has 2 aromatic rings. The normalized spacial score (nSPS) is 12.3. The third-order valence-electron chi connectivity index (χ3n) is 5.86. The number of sulfonamides is 1. The number of anilines is 1. The van der Waals surface area contributed by atoms with Gasteiger partial charge in [-0.3, -0.25) is 13.9 Å². The molecule has 0 saturated carbocycles. The van der Waals surface area contributed by atoms with Gasteiger partial charge in [-0.25, -0.2) is 8.42 Å². The quantitative estimate of drug-likeness (QED) is 0.400. The lowest BCUT2D eigenvalue weighted by molar-refractivity contribution is -0.141. The second-order valence-electron chi connectivity index (χ2n) is 9.44. The van der Waals surface area contributed by atoms with Crippen LogP contribution < -0.4 is 9.62 Å². The van der Waals surface area contributed by atoms with E-state index in [4.69, 9.17) is 11.6 Å². The van der Waals surface area contributed by atoms with E-state index in [1.165, 1.54) is 4.31 Å². The summed E-state index contributed by atoms with van der Waals surface area (Å²) in [6.45, 7) is 8.70. The van der Waals surface area contributed by atoms with Crippen molar-refractivity contribution < 1.29 is 18.0 Å². The van der Waals surface area contributed by atoms with Crippen LogP contribution in [-0.2, 0) is 26.2 Å². The number of hydrogen-bond acceptors (Lipinski definition) is 4. The topological polar surface area (TPSA) is 86.8 Å². The highest BCUT2D eigenvalue weighted by molar-refractivity contribution is 7.92. The Labute approximate surface area is 220 Å². The number of hydrogen-bond donors (Lipinski definition) is 1. The molecule has 0 bridgehead atoms. The van der Waals surface area contributed by atoms with Gasteiger partial charge in [-0.1, -0.05) is 68.8 Å². The maximum absolute atomic E-state index is 13.4. The number of aryl methyl sites for hydroxylation is 1. The zero-order chi connectivity index (χ0) is 26.9. The van der Waals surface area contributed by atoms with Crippen molar-refractivity contribution in [2.75, 3.05) is 23.7 Å². The molecule has 0 aliphatic rings. The summed E-state index contributed by atoms with van der Waals surface area (Å²) in [5.74, 6) is -0.0777. The van der Waals surface area contributed by atoms with Gasteiger partial charge in [-0.05, 0) is 48.9 Å². The predicted octanol–water partition coefficient (Wildman–Crippen LogP) is 4.77. The van der Waals surface area contributed by atoms with Crippen molar-refractivity contribution in [3.63, 3.8) is 0 Å². The van der Waals surface area contributed by atoms with Crippen molar-refractivity contribution in [1.82, 2.24) is 10.2 Å². The number of benzene rings is 2. The van der Waals surface area contributed by atoms with Crippen molar-refractivity contribution in [1.29, 1.82) is 0 Å². The van der Waals surface area contributed by atoms with Crippen LogP contribution in [-0.4, -0.2) is 50.5 Å². The lowest BCUT2D eigenvalue weighted by Gasteiger charge is -2.31. The maximum Gasteiger partial charge on any atom is 0.242 e. The van der Waals surface area contributed by atoms with Crippen LogP contribution in [0.4, 0.5) is 5.69 Å². The van der Waals surface area contributed by atoms with Crippen LogP contribution in [0.5, 0.6) is 0 Å². The molecule has 2 aromatic carbocycles. The number of nitrogens with one attached hydrogen (secondary N) is 1. The van der Waals surface area contributed by atoms with E-state index in [9.17, 15) is 18.0 Å². The molecule has 0 aliphatic carbocycles. The van der Waals surface area contributed by atoms with E-state index in [-0.39, 0.29) is 24.8 Å². The van der Waals surface area contributed by atoms with Crippen LogP contribution in [0.1, 0.15) is 51.2 Å². The Hall–Kier alpha value is -2.58. The van der Waals surface area contributed by atoms with E-state index in [1.807, 2.05) is 58.0 Å². The third kappa shape index (κ3) is 8.82. The minimum absolute atomic E-state index is 0.104. The Balaban J connectivity index is 2.21. The Bertz CT molecular complexity index is 1120. The number of rotatable bonds is 13. The fourth-order valence-electron chi connectivity index (χ4n) is 3.96. The minimum atomic E-state index is -3.59. The molecule has 0 spiro atoms. The molecule has 0 fully saturated rings. The number of halogens is 1. The van der Waals surface area contributed by atoms with Crippen LogP contribution >= 0.6 is 11.6 Å². The molecular formula is C27H38ClN3O4S. The summed E-state index contributed by atoms with van der Waals surface area (Å²) in [5, 5.41) is 3.39. The molecule has 9 heteroatoms. The fourth-order valence-corrected chi connectivity index (χ4v) is 5.14. The van der Waals surface area contributed by atoms with Gasteiger partial charge in [0.25, 0.3) is 0 Å². The highest BCUT2D eigenvalue weighted by Crippen LogP contribution is 2.27. The number of amides is 2. The number of carbonyl (C=O) groups excluding carboxylic acids is 2. The van der Waals surface area contributed by atoms with Crippen LogP contribution in [0, 0.1) is 12.8 Å². The smallest absolute Gasteiger partial charge is 0.242 e. The summed E-state index contributed by atoms with van der Waals surface area (Å²) in [4.78, 5) is 28.0. The fraction of sp³-hybridized carbons (Fsp3) is 0.481. The Kier molecular flexibility index (Phi) is 11.2. The minimum Gasteiger partial charge on any atom is -0.354 e. The molecule has 0 aliphatic heterocycles. The second-order valence-corrected chi connectivity index (χ2v) is 11.8. The zero-order valence-electron chi connectivity index (χ0n) is 21.8. The predicted molar refractivity (Wildman–Crippen MR) is 147 cm³/mol. The second kappa shape index (κ2) is 13.7. The van der Waals surface area contributed by atoms with Crippen LogP contribution in [0.25, 0.3) is 0 Å². The molecule has 36 heavy (non-hydrogen) atoms. The molecule has 2 rings (SSSR count). The lowest BCUT2D eigenvalue weighted by Crippen LogP contribution is -2.49. The SMILES string of the molecule is CC[C@@H](C(=O)NCC(C)C)N(Cc1ccccc1)C(=O)CCCN(c1cc(Cl)ccc1C)S(C)(=O)=O. The summed E-state index contributed by atoms with van der Waals surface area (Å²) < 4.78 is 26.4. The molecule has 1 atom stereocenters. The van der Waals surface area contributed by atoms with E-state index >= 15 is 0 Å². The average molecular weight is 536 g/mol. The zero-order valence-corrected chi connectivity index (χ0v) is 23.4. The van der Waals surface area contributed by atoms with E-state index in [0.717, 1.165) is 17.4 Å². The molecule has 0 saturated heterocycles. The number of carbonyl (C=O) groups is 2. The maximum atomic E-state index is 13.4. The molecule has 0 heterocycles. The van der Waals surface area contributed by atoms with Crippen molar-refractivity contribution in [3.8, 4) is 0 Å². The van der Waals surface area contributed by atoms with E-state index in [2.05, 4.69) is 5.32 Å². The summed E-state index contributed by atoms with van der Waals surface area (Å²) in [6.07, 6.45) is 2.02. The van der Waals surface area contributed by atoms with Crippen molar-refractivity contribution >= 4 is 39.1 Å². The summed E-state index contributed by atoms with van der Waals surface area (Å²) in [6, 6.07) is 14.0. The summed E-state index contributed by atoms with van der Waals surface area (Å²) in [7, 11) is -3.59. The molecule has 198 valence electrons. The molecule has 0 radical (unpaired) electrons. The Morgan fingerprint density at radius 3 is 2.33 bits per heavy atom. The molecule has 1 N–H and O–H groups in total. The van der Waals surface area contributed by atoms with Gasteiger partial charge < -0.3 is 10.2 Å². The first-order valence-corrected chi connectivity index (χ1v) is 14.5. The molecule has 0 aromatic heterocycles. The standard InChI is InChI=1S/C27H38ClN3O4S/c1-6-24(27(33)29-18-20(2)3)30(19-22-11-8-7-9-12-22)26(32)13-10-16-31(36(5,34)35)25-17-23(28)15-14-21(25)4/h7-9,11-12,14-15,17,20,24H,6,10,13,16,18-19H2,1-5H3,(H,29,33)/t24-/m0/s1. The van der Waals surface area contributed by atoms with Gasteiger partial charge in [-0.15, -0.1) is 0 Å². The van der Waals surface area contributed by atoms with Gasteiger partial charge >= 0.3 is 0 Å². The van der Waals surface area contributed by atoms with Gasteiger partial charge in [0.05, 0.1) is 11.9 Å². The van der Waals surface area contributed by atoms with Gasteiger partial charge in [0, 0.05) is 31.1 Å². The van der Waals surface area contributed by atoms with Gasteiger partial charge in [0.1, 0.15) is 6.04 Å². The molecule has 7 nitrogen and oxygen atoms in total. The van der Waals surface area contributed by atoms with Crippen molar-refractivity contribution in [3.05, 3.63) is 64.7 Å². The van der Waals surface area contributed by atoms with Gasteiger partial charge in [0.2, 0.25) is 21.8 Å². The first-order chi connectivity index (χ1) is 16.9. The lowest BCUT2D eigenvalue weighted by atomic mass is 10.1. The van der Waals surface area contributed by atoms with Crippen molar-refractivity contribution in [2.24, 2.45) is 5.92 Å². The monoisotopic (exact) mass is 535 g/mol.